The number of halogens is 2. The largest absolute Gasteiger partial charge is 0.326 e. The van der Waals surface area contributed by atoms with Crippen molar-refractivity contribution >= 4 is 55.0 Å². The van der Waals surface area contributed by atoms with Gasteiger partial charge in [-0.15, -0.1) is 0 Å². The summed E-state index contributed by atoms with van der Waals surface area (Å²) in [7, 11) is 0. The molecule has 0 aromatic heterocycles. The van der Waals surface area contributed by atoms with Gasteiger partial charge in [-0.25, -0.2) is 0 Å². The number of carbonyl (C=O) groups excluding carboxylic acids is 2. The van der Waals surface area contributed by atoms with Crippen LogP contribution in [0.4, 0.5) is 11.4 Å². The topological polar surface area (TPSA) is 58.2 Å². The Bertz CT molecular complexity index is 837. The van der Waals surface area contributed by atoms with E-state index in [2.05, 4.69) is 42.5 Å². The van der Waals surface area contributed by atoms with Gasteiger partial charge in [0.15, 0.2) is 0 Å². The summed E-state index contributed by atoms with van der Waals surface area (Å²) in [5, 5.41) is 5.89. The molecule has 0 radical (unpaired) electrons. The molecule has 27 heavy (non-hydrogen) atoms. The van der Waals surface area contributed by atoms with E-state index in [0.29, 0.717) is 19.3 Å². The van der Waals surface area contributed by atoms with Gasteiger partial charge < -0.3 is 10.6 Å². The van der Waals surface area contributed by atoms with Crippen molar-refractivity contribution in [2.45, 2.75) is 40.0 Å². The molecule has 2 amide bonds. The van der Waals surface area contributed by atoms with Gasteiger partial charge in [0, 0.05) is 33.2 Å². The first-order chi connectivity index (χ1) is 12.8. The zero-order chi connectivity index (χ0) is 20.0. The first-order valence-corrected chi connectivity index (χ1v) is 10.5. The quantitative estimate of drug-likeness (QED) is 0.479. The molecule has 0 aliphatic rings. The standard InChI is InChI=1S/C21H24Br2N2O2/c1-13(12-21(27)25-19-9-5-7-17(23)15(19)3)10-11-20(26)24-18-8-4-6-16(22)14(18)2/h4-9,13H,10-12H2,1-3H3,(H,24,26)(H,25,27)/t13-/m1/s1. The molecule has 0 fully saturated rings. The van der Waals surface area contributed by atoms with Gasteiger partial charge >= 0.3 is 0 Å². The van der Waals surface area contributed by atoms with E-state index in [0.717, 1.165) is 31.4 Å². The number of hydrogen-bond acceptors (Lipinski definition) is 2. The summed E-state index contributed by atoms with van der Waals surface area (Å²) in [6.45, 7) is 5.90. The molecule has 0 spiro atoms. The van der Waals surface area contributed by atoms with E-state index in [1.54, 1.807) is 0 Å². The maximum absolute atomic E-state index is 12.3. The first kappa shape index (κ1) is 21.6. The lowest BCUT2D eigenvalue weighted by Gasteiger charge is -2.14. The molecule has 0 unspecified atom stereocenters. The van der Waals surface area contributed by atoms with E-state index >= 15 is 0 Å². The third kappa shape index (κ3) is 6.47. The van der Waals surface area contributed by atoms with E-state index in [-0.39, 0.29) is 17.7 Å². The summed E-state index contributed by atoms with van der Waals surface area (Å²) in [6, 6.07) is 11.4. The highest BCUT2D eigenvalue weighted by Crippen LogP contribution is 2.25. The molecule has 1 atom stereocenters. The maximum Gasteiger partial charge on any atom is 0.224 e. The Morgan fingerprint density at radius 2 is 1.37 bits per heavy atom. The van der Waals surface area contributed by atoms with Crippen molar-refractivity contribution in [3.63, 3.8) is 0 Å². The highest BCUT2D eigenvalue weighted by molar-refractivity contribution is 9.10. The van der Waals surface area contributed by atoms with Crippen molar-refractivity contribution in [3.05, 3.63) is 56.5 Å². The second-order valence-corrected chi connectivity index (χ2v) is 8.48. The van der Waals surface area contributed by atoms with Crippen LogP contribution in [0.3, 0.4) is 0 Å². The van der Waals surface area contributed by atoms with Crippen LogP contribution in [-0.4, -0.2) is 11.8 Å². The van der Waals surface area contributed by atoms with Gasteiger partial charge in [0.2, 0.25) is 11.8 Å². The fourth-order valence-electron chi connectivity index (χ4n) is 2.70. The molecule has 4 nitrogen and oxygen atoms in total. The molecule has 0 bridgehead atoms. The minimum Gasteiger partial charge on any atom is -0.326 e. The van der Waals surface area contributed by atoms with Crippen LogP contribution in [0.15, 0.2) is 45.3 Å². The third-order valence-corrected chi connectivity index (χ3v) is 6.20. The monoisotopic (exact) mass is 494 g/mol. The zero-order valence-electron chi connectivity index (χ0n) is 15.7. The molecule has 144 valence electrons. The van der Waals surface area contributed by atoms with E-state index in [1.807, 2.05) is 57.2 Å². The van der Waals surface area contributed by atoms with Crippen LogP contribution in [0, 0.1) is 19.8 Å². The fourth-order valence-corrected chi connectivity index (χ4v) is 3.43. The SMILES string of the molecule is Cc1c(Br)cccc1NC(=O)CC[C@@H](C)CC(=O)Nc1cccc(Br)c1C. The summed E-state index contributed by atoms with van der Waals surface area (Å²) in [6.07, 6.45) is 1.43. The lowest BCUT2D eigenvalue weighted by Crippen LogP contribution is -2.18. The molecular formula is C21H24Br2N2O2. The molecule has 2 N–H and O–H groups in total. The lowest BCUT2D eigenvalue weighted by molar-refractivity contribution is -0.118. The van der Waals surface area contributed by atoms with E-state index in [4.69, 9.17) is 0 Å². The van der Waals surface area contributed by atoms with E-state index < -0.39 is 0 Å². The van der Waals surface area contributed by atoms with Gasteiger partial charge in [0.1, 0.15) is 0 Å². The Labute approximate surface area is 177 Å². The highest BCUT2D eigenvalue weighted by atomic mass is 79.9. The Kier molecular flexibility index (Phi) is 8.05. The van der Waals surface area contributed by atoms with Crippen LogP contribution in [0.5, 0.6) is 0 Å². The van der Waals surface area contributed by atoms with Gasteiger partial charge in [0.05, 0.1) is 0 Å². The molecule has 2 aromatic rings. The molecule has 0 saturated heterocycles. The average Bonchev–Trinajstić information content (AvgIpc) is 2.61. The molecular weight excluding hydrogens is 472 g/mol. The third-order valence-electron chi connectivity index (χ3n) is 4.48. The van der Waals surface area contributed by atoms with Crippen molar-refractivity contribution in [1.82, 2.24) is 0 Å². The van der Waals surface area contributed by atoms with Crippen LogP contribution in [-0.2, 0) is 9.59 Å². The smallest absolute Gasteiger partial charge is 0.224 e. The minimum atomic E-state index is -0.0358. The first-order valence-electron chi connectivity index (χ1n) is 8.88. The summed E-state index contributed by atoms with van der Waals surface area (Å²) in [4.78, 5) is 24.5. The van der Waals surface area contributed by atoms with Crippen molar-refractivity contribution in [2.24, 2.45) is 5.92 Å². The number of benzene rings is 2. The second-order valence-electron chi connectivity index (χ2n) is 6.77. The summed E-state index contributed by atoms with van der Waals surface area (Å²) < 4.78 is 1.93. The van der Waals surface area contributed by atoms with Crippen LogP contribution >= 0.6 is 31.9 Å². The zero-order valence-corrected chi connectivity index (χ0v) is 18.9. The lowest BCUT2D eigenvalue weighted by atomic mass is 10.0. The van der Waals surface area contributed by atoms with Crippen LogP contribution in [0.25, 0.3) is 0 Å². The predicted octanol–water partition coefficient (Wildman–Crippen LogP) is 6.21. The molecule has 0 aliphatic carbocycles. The second kappa shape index (κ2) is 10.0. The number of carbonyl (C=O) groups is 2. The Balaban J connectivity index is 1.80. The minimum absolute atomic E-state index is 0.0352. The van der Waals surface area contributed by atoms with Crippen molar-refractivity contribution in [1.29, 1.82) is 0 Å². The van der Waals surface area contributed by atoms with Crippen molar-refractivity contribution in [2.75, 3.05) is 10.6 Å². The van der Waals surface area contributed by atoms with Crippen LogP contribution < -0.4 is 10.6 Å². The molecule has 2 aromatic carbocycles. The van der Waals surface area contributed by atoms with Gasteiger partial charge in [-0.1, -0.05) is 50.9 Å². The average molecular weight is 496 g/mol. The van der Waals surface area contributed by atoms with Gasteiger partial charge in [-0.2, -0.15) is 0 Å². The number of anilines is 2. The Morgan fingerprint density at radius 1 is 0.889 bits per heavy atom. The van der Waals surface area contributed by atoms with Crippen LogP contribution in [0.1, 0.15) is 37.3 Å². The van der Waals surface area contributed by atoms with Gasteiger partial charge in [0.25, 0.3) is 0 Å². The number of rotatable bonds is 7. The summed E-state index contributed by atoms with van der Waals surface area (Å²) in [5.74, 6) is 0.0463. The normalized spacial score (nSPS) is 11.7. The van der Waals surface area contributed by atoms with Gasteiger partial charge in [-0.3, -0.25) is 9.59 Å². The number of hydrogen-bond donors (Lipinski definition) is 2. The molecule has 6 heteroatoms. The molecule has 0 aliphatic heterocycles. The molecule has 0 heterocycles. The Hall–Kier alpha value is -1.66. The summed E-state index contributed by atoms with van der Waals surface area (Å²) >= 11 is 6.93. The van der Waals surface area contributed by atoms with E-state index in [9.17, 15) is 9.59 Å². The van der Waals surface area contributed by atoms with Crippen molar-refractivity contribution in [3.8, 4) is 0 Å². The van der Waals surface area contributed by atoms with E-state index in [1.165, 1.54) is 0 Å². The van der Waals surface area contributed by atoms with Crippen LogP contribution in [0.2, 0.25) is 0 Å². The summed E-state index contributed by atoms with van der Waals surface area (Å²) in [5.41, 5.74) is 3.62. The van der Waals surface area contributed by atoms with Crippen molar-refractivity contribution < 1.29 is 9.59 Å². The number of amides is 2. The molecule has 2 rings (SSSR count). The van der Waals surface area contributed by atoms with Gasteiger partial charge in [-0.05, 0) is 61.6 Å². The maximum atomic E-state index is 12.3. The molecule has 0 saturated carbocycles. The predicted molar refractivity (Wildman–Crippen MR) is 118 cm³/mol. The Morgan fingerprint density at radius 3 is 1.89 bits per heavy atom. The highest BCUT2D eigenvalue weighted by Gasteiger charge is 2.14. The number of nitrogens with one attached hydrogen (secondary N) is 2. The fraction of sp³-hybridized carbons (Fsp3) is 0.333.